The standard InChI is InChI=1S/C18H23NO4/c1-22-16-5-3-2-4-15(16)19-17(20)11-23-18(21)10-14-9-12-6-7-13(14)8-12/h2-5,12-14H,6-11H2,1H3,(H,19,20). The van der Waals surface area contributed by atoms with Crippen molar-refractivity contribution in [1.29, 1.82) is 0 Å². The van der Waals surface area contributed by atoms with Crippen LogP contribution in [-0.4, -0.2) is 25.6 Å². The van der Waals surface area contributed by atoms with Crippen LogP contribution in [0.4, 0.5) is 5.69 Å². The van der Waals surface area contributed by atoms with Crippen LogP contribution in [0, 0.1) is 17.8 Å². The number of carbonyl (C=O) groups is 2. The molecule has 0 aliphatic heterocycles. The van der Waals surface area contributed by atoms with E-state index in [0.717, 1.165) is 12.3 Å². The van der Waals surface area contributed by atoms with Gasteiger partial charge in [-0.3, -0.25) is 9.59 Å². The molecule has 124 valence electrons. The van der Waals surface area contributed by atoms with Crippen LogP contribution in [0.1, 0.15) is 32.1 Å². The molecule has 1 amide bonds. The lowest BCUT2D eigenvalue weighted by atomic mass is 9.86. The van der Waals surface area contributed by atoms with Gasteiger partial charge in [0.1, 0.15) is 5.75 Å². The number of hydrogen-bond acceptors (Lipinski definition) is 4. The smallest absolute Gasteiger partial charge is 0.306 e. The highest BCUT2D eigenvalue weighted by Gasteiger charge is 2.40. The Morgan fingerprint density at radius 1 is 1.22 bits per heavy atom. The summed E-state index contributed by atoms with van der Waals surface area (Å²) in [6.07, 6.45) is 5.43. The summed E-state index contributed by atoms with van der Waals surface area (Å²) in [7, 11) is 1.54. The third-order valence-electron chi connectivity index (χ3n) is 5.06. The molecule has 1 aromatic rings. The molecule has 0 radical (unpaired) electrons. The number of methoxy groups -OCH3 is 1. The molecule has 3 unspecified atom stereocenters. The average molecular weight is 317 g/mol. The van der Waals surface area contributed by atoms with E-state index in [1.165, 1.54) is 19.3 Å². The summed E-state index contributed by atoms with van der Waals surface area (Å²) in [6, 6.07) is 7.13. The molecule has 2 aliphatic carbocycles. The summed E-state index contributed by atoms with van der Waals surface area (Å²) < 4.78 is 10.3. The van der Waals surface area contributed by atoms with Crippen LogP contribution in [-0.2, 0) is 14.3 Å². The molecule has 1 N–H and O–H groups in total. The van der Waals surface area contributed by atoms with Gasteiger partial charge in [0, 0.05) is 6.42 Å². The molecule has 5 nitrogen and oxygen atoms in total. The molecule has 23 heavy (non-hydrogen) atoms. The van der Waals surface area contributed by atoms with Crippen molar-refractivity contribution in [3.63, 3.8) is 0 Å². The Morgan fingerprint density at radius 3 is 2.74 bits per heavy atom. The molecule has 0 heterocycles. The zero-order valence-corrected chi connectivity index (χ0v) is 13.4. The maximum absolute atomic E-state index is 11.9. The van der Waals surface area contributed by atoms with Crippen molar-refractivity contribution in [2.24, 2.45) is 17.8 Å². The number of ether oxygens (including phenoxy) is 2. The third kappa shape index (κ3) is 3.84. The van der Waals surface area contributed by atoms with Crippen molar-refractivity contribution in [1.82, 2.24) is 0 Å². The van der Waals surface area contributed by atoms with Crippen LogP contribution < -0.4 is 10.1 Å². The van der Waals surface area contributed by atoms with Crippen molar-refractivity contribution in [3.8, 4) is 5.75 Å². The summed E-state index contributed by atoms with van der Waals surface area (Å²) in [5.41, 5.74) is 0.573. The van der Waals surface area contributed by atoms with Gasteiger partial charge < -0.3 is 14.8 Å². The number of anilines is 1. The lowest BCUT2D eigenvalue weighted by molar-refractivity contribution is -0.148. The third-order valence-corrected chi connectivity index (χ3v) is 5.06. The van der Waals surface area contributed by atoms with Crippen LogP contribution in [0.25, 0.3) is 0 Å². The van der Waals surface area contributed by atoms with E-state index in [9.17, 15) is 9.59 Å². The number of carbonyl (C=O) groups excluding carboxylic acids is 2. The second kappa shape index (κ2) is 7.02. The lowest BCUT2D eigenvalue weighted by Crippen LogP contribution is -2.23. The van der Waals surface area contributed by atoms with Gasteiger partial charge >= 0.3 is 5.97 Å². The maximum atomic E-state index is 11.9. The first kappa shape index (κ1) is 15.8. The highest BCUT2D eigenvalue weighted by atomic mass is 16.5. The molecule has 0 spiro atoms. The number of rotatable bonds is 6. The van der Waals surface area contributed by atoms with Gasteiger partial charge in [-0.05, 0) is 49.1 Å². The van der Waals surface area contributed by atoms with Crippen LogP contribution in [0.2, 0.25) is 0 Å². The summed E-state index contributed by atoms with van der Waals surface area (Å²) in [5.74, 6) is 1.92. The minimum Gasteiger partial charge on any atom is -0.495 e. The lowest BCUT2D eigenvalue weighted by Gasteiger charge is -2.20. The van der Waals surface area contributed by atoms with Gasteiger partial charge in [0.05, 0.1) is 12.8 Å². The Labute approximate surface area is 136 Å². The van der Waals surface area contributed by atoms with Crippen molar-refractivity contribution < 1.29 is 19.1 Å². The van der Waals surface area contributed by atoms with Gasteiger partial charge in [-0.25, -0.2) is 0 Å². The molecule has 2 aliphatic rings. The van der Waals surface area contributed by atoms with Gasteiger partial charge in [-0.15, -0.1) is 0 Å². The second-order valence-electron chi connectivity index (χ2n) is 6.55. The molecule has 2 bridgehead atoms. The van der Waals surface area contributed by atoms with E-state index in [1.807, 2.05) is 6.07 Å². The van der Waals surface area contributed by atoms with Crippen LogP contribution in [0.3, 0.4) is 0 Å². The number of fused-ring (bicyclic) bond motifs is 2. The molecule has 3 atom stereocenters. The van der Waals surface area contributed by atoms with E-state index in [1.54, 1.807) is 25.3 Å². The Bertz CT molecular complexity index is 586. The van der Waals surface area contributed by atoms with E-state index in [0.29, 0.717) is 29.7 Å². The molecule has 3 rings (SSSR count). The van der Waals surface area contributed by atoms with Crippen molar-refractivity contribution in [2.45, 2.75) is 32.1 Å². The number of amides is 1. The maximum Gasteiger partial charge on any atom is 0.306 e. The quantitative estimate of drug-likeness (QED) is 0.819. The largest absolute Gasteiger partial charge is 0.495 e. The number of esters is 1. The molecular weight excluding hydrogens is 294 g/mol. The summed E-state index contributed by atoms with van der Waals surface area (Å²) in [5, 5.41) is 2.70. The number of hydrogen-bond donors (Lipinski definition) is 1. The monoisotopic (exact) mass is 317 g/mol. The Morgan fingerprint density at radius 2 is 2.04 bits per heavy atom. The highest BCUT2D eigenvalue weighted by Crippen LogP contribution is 2.49. The summed E-state index contributed by atoms with van der Waals surface area (Å²) in [4.78, 5) is 23.8. The van der Waals surface area contributed by atoms with Gasteiger partial charge in [-0.2, -0.15) is 0 Å². The number of para-hydroxylation sites is 2. The van der Waals surface area contributed by atoms with Gasteiger partial charge in [0.25, 0.3) is 5.91 Å². The molecule has 2 fully saturated rings. The first-order valence-corrected chi connectivity index (χ1v) is 8.24. The molecule has 0 aromatic heterocycles. The van der Waals surface area contributed by atoms with Gasteiger partial charge in [-0.1, -0.05) is 18.6 Å². The normalized spacial score (nSPS) is 25.2. The van der Waals surface area contributed by atoms with Gasteiger partial charge in [0.15, 0.2) is 6.61 Å². The first-order chi connectivity index (χ1) is 11.2. The van der Waals surface area contributed by atoms with Crippen molar-refractivity contribution in [2.75, 3.05) is 19.0 Å². The first-order valence-electron chi connectivity index (χ1n) is 8.24. The Kier molecular flexibility index (Phi) is 4.84. The van der Waals surface area contributed by atoms with Crippen LogP contribution in [0.5, 0.6) is 5.75 Å². The van der Waals surface area contributed by atoms with Crippen LogP contribution >= 0.6 is 0 Å². The predicted molar refractivity (Wildman–Crippen MR) is 86.1 cm³/mol. The average Bonchev–Trinajstić information content (AvgIpc) is 3.16. The van der Waals surface area contributed by atoms with E-state index in [2.05, 4.69) is 5.32 Å². The Balaban J connectivity index is 1.42. The molecule has 5 heteroatoms. The zero-order valence-electron chi connectivity index (χ0n) is 13.4. The van der Waals surface area contributed by atoms with Gasteiger partial charge in [0.2, 0.25) is 0 Å². The highest BCUT2D eigenvalue weighted by molar-refractivity contribution is 5.94. The fourth-order valence-corrected chi connectivity index (χ4v) is 3.98. The fraction of sp³-hybridized carbons (Fsp3) is 0.556. The molecular formula is C18H23NO4. The summed E-state index contributed by atoms with van der Waals surface area (Å²) >= 11 is 0. The van der Waals surface area contributed by atoms with E-state index in [4.69, 9.17) is 9.47 Å². The minimum absolute atomic E-state index is 0.252. The minimum atomic E-state index is -0.351. The topological polar surface area (TPSA) is 64.6 Å². The fourth-order valence-electron chi connectivity index (χ4n) is 3.98. The van der Waals surface area contributed by atoms with E-state index >= 15 is 0 Å². The SMILES string of the molecule is COc1ccccc1NC(=O)COC(=O)CC1CC2CCC1C2. The zero-order chi connectivity index (χ0) is 16.2. The predicted octanol–water partition coefficient (Wildman–Crippen LogP) is 3.00. The van der Waals surface area contributed by atoms with Crippen LogP contribution in [0.15, 0.2) is 24.3 Å². The number of nitrogens with one attached hydrogen (secondary N) is 1. The molecule has 1 aromatic carbocycles. The van der Waals surface area contributed by atoms with E-state index < -0.39 is 0 Å². The Hall–Kier alpha value is -2.04. The van der Waals surface area contributed by atoms with E-state index in [-0.39, 0.29) is 18.5 Å². The number of benzene rings is 1. The molecule has 0 saturated heterocycles. The van der Waals surface area contributed by atoms with Crippen molar-refractivity contribution >= 4 is 17.6 Å². The second-order valence-corrected chi connectivity index (χ2v) is 6.55. The van der Waals surface area contributed by atoms with Crippen molar-refractivity contribution in [3.05, 3.63) is 24.3 Å². The summed E-state index contributed by atoms with van der Waals surface area (Å²) in [6.45, 7) is -0.252. The molecule has 2 saturated carbocycles.